The number of amides is 1. The first kappa shape index (κ1) is 16.1. The molecule has 0 saturated carbocycles. The van der Waals surface area contributed by atoms with Crippen molar-refractivity contribution in [2.75, 3.05) is 31.1 Å². The van der Waals surface area contributed by atoms with E-state index in [0.29, 0.717) is 6.54 Å². The number of halogens is 1. The Bertz CT molecular complexity index is 485. The van der Waals surface area contributed by atoms with Gasteiger partial charge in [-0.1, -0.05) is 0 Å². The van der Waals surface area contributed by atoms with Crippen molar-refractivity contribution in [3.63, 3.8) is 0 Å². The van der Waals surface area contributed by atoms with E-state index in [0.717, 1.165) is 36.3 Å². The van der Waals surface area contributed by atoms with Crippen molar-refractivity contribution in [3.8, 4) is 0 Å². The minimum Gasteiger partial charge on any atom is -0.444 e. The summed E-state index contributed by atoms with van der Waals surface area (Å²) in [7, 11) is 0. The standard InChI is InChI=1S/C15H22BrN3O2/c1-15(2,3)21-14(20)19-8-4-7-18(9-10-19)13-6-5-12(16)11-17-13/h5-6,11H,4,7-10H2,1-3H3. The van der Waals surface area contributed by atoms with Crippen LogP contribution in [0.3, 0.4) is 0 Å². The average Bonchev–Trinajstić information content (AvgIpc) is 2.63. The second-order valence-electron chi connectivity index (χ2n) is 6.14. The maximum absolute atomic E-state index is 12.1. The quantitative estimate of drug-likeness (QED) is 0.775. The predicted molar refractivity (Wildman–Crippen MR) is 86.6 cm³/mol. The number of hydrogen-bond acceptors (Lipinski definition) is 4. The monoisotopic (exact) mass is 355 g/mol. The van der Waals surface area contributed by atoms with Gasteiger partial charge in [0, 0.05) is 36.8 Å². The SMILES string of the molecule is CC(C)(C)OC(=O)N1CCCN(c2ccc(Br)cn2)CC1. The molecule has 2 rings (SSSR count). The van der Waals surface area contributed by atoms with E-state index in [9.17, 15) is 4.79 Å². The normalized spacial score (nSPS) is 16.6. The van der Waals surface area contributed by atoms with Gasteiger partial charge in [-0.05, 0) is 55.3 Å². The zero-order chi connectivity index (χ0) is 15.5. The number of aromatic nitrogens is 1. The molecular formula is C15H22BrN3O2. The van der Waals surface area contributed by atoms with Crippen LogP contribution in [0.4, 0.5) is 10.6 Å². The summed E-state index contributed by atoms with van der Waals surface area (Å²) in [5.41, 5.74) is -0.448. The van der Waals surface area contributed by atoms with Gasteiger partial charge < -0.3 is 14.5 Å². The Hall–Kier alpha value is -1.30. The molecule has 116 valence electrons. The number of nitrogens with zero attached hydrogens (tertiary/aromatic N) is 3. The molecule has 0 atom stereocenters. The molecule has 5 nitrogen and oxygen atoms in total. The summed E-state index contributed by atoms with van der Waals surface area (Å²) in [6.07, 6.45) is 2.48. The van der Waals surface area contributed by atoms with Gasteiger partial charge in [0.05, 0.1) is 0 Å². The number of anilines is 1. The lowest BCUT2D eigenvalue weighted by molar-refractivity contribution is 0.0263. The summed E-state index contributed by atoms with van der Waals surface area (Å²) in [6.45, 7) is 8.72. The number of pyridine rings is 1. The van der Waals surface area contributed by atoms with Crippen LogP contribution in [-0.4, -0.2) is 47.8 Å². The highest BCUT2D eigenvalue weighted by atomic mass is 79.9. The van der Waals surface area contributed by atoms with Gasteiger partial charge in [0.15, 0.2) is 0 Å². The average molecular weight is 356 g/mol. The van der Waals surface area contributed by atoms with Crippen LogP contribution < -0.4 is 4.90 Å². The van der Waals surface area contributed by atoms with Crippen LogP contribution in [0.15, 0.2) is 22.8 Å². The van der Waals surface area contributed by atoms with Gasteiger partial charge in [0.1, 0.15) is 11.4 Å². The molecule has 0 aromatic carbocycles. The molecule has 1 fully saturated rings. The zero-order valence-electron chi connectivity index (χ0n) is 12.8. The van der Waals surface area contributed by atoms with E-state index in [-0.39, 0.29) is 6.09 Å². The minimum atomic E-state index is -0.448. The Labute approximate surface area is 134 Å². The molecule has 0 unspecified atom stereocenters. The topological polar surface area (TPSA) is 45.7 Å². The summed E-state index contributed by atoms with van der Waals surface area (Å²) < 4.78 is 6.41. The first-order valence-electron chi connectivity index (χ1n) is 7.19. The molecule has 6 heteroatoms. The number of hydrogen-bond donors (Lipinski definition) is 0. The lowest BCUT2D eigenvalue weighted by Crippen LogP contribution is -2.39. The Balaban J connectivity index is 1.95. The molecule has 0 aliphatic carbocycles. The third-order valence-corrected chi connectivity index (χ3v) is 3.65. The molecular weight excluding hydrogens is 334 g/mol. The number of ether oxygens (including phenoxy) is 1. The molecule has 1 aromatic heterocycles. The van der Waals surface area contributed by atoms with Crippen LogP contribution in [0.25, 0.3) is 0 Å². The van der Waals surface area contributed by atoms with Crippen LogP contribution in [0.5, 0.6) is 0 Å². The van der Waals surface area contributed by atoms with E-state index in [2.05, 4.69) is 25.8 Å². The summed E-state index contributed by atoms with van der Waals surface area (Å²) in [6, 6.07) is 3.98. The fourth-order valence-corrected chi connectivity index (χ4v) is 2.45. The van der Waals surface area contributed by atoms with E-state index in [1.165, 1.54) is 0 Å². The molecule has 1 saturated heterocycles. The van der Waals surface area contributed by atoms with Crippen LogP contribution in [0, 0.1) is 0 Å². The molecule has 21 heavy (non-hydrogen) atoms. The van der Waals surface area contributed by atoms with Crippen molar-refractivity contribution in [1.29, 1.82) is 0 Å². The van der Waals surface area contributed by atoms with Crippen molar-refractivity contribution in [3.05, 3.63) is 22.8 Å². The van der Waals surface area contributed by atoms with Crippen molar-refractivity contribution in [2.24, 2.45) is 0 Å². The fraction of sp³-hybridized carbons (Fsp3) is 0.600. The highest BCUT2D eigenvalue weighted by molar-refractivity contribution is 9.10. The second kappa shape index (κ2) is 6.64. The maximum Gasteiger partial charge on any atom is 0.410 e. The molecule has 0 N–H and O–H groups in total. The van der Waals surface area contributed by atoms with Crippen LogP contribution in [0.2, 0.25) is 0 Å². The minimum absolute atomic E-state index is 0.229. The van der Waals surface area contributed by atoms with E-state index >= 15 is 0 Å². The van der Waals surface area contributed by atoms with Crippen molar-refractivity contribution >= 4 is 27.8 Å². The van der Waals surface area contributed by atoms with E-state index in [4.69, 9.17) is 4.74 Å². The smallest absolute Gasteiger partial charge is 0.410 e. The third kappa shape index (κ3) is 4.88. The molecule has 1 aliphatic rings. The van der Waals surface area contributed by atoms with Crippen molar-refractivity contribution in [1.82, 2.24) is 9.88 Å². The highest BCUT2D eigenvalue weighted by Crippen LogP contribution is 2.17. The van der Waals surface area contributed by atoms with Crippen molar-refractivity contribution < 1.29 is 9.53 Å². The maximum atomic E-state index is 12.1. The Kier molecular flexibility index (Phi) is 5.08. The Morgan fingerprint density at radius 3 is 2.62 bits per heavy atom. The summed E-state index contributed by atoms with van der Waals surface area (Å²) in [5.74, 6) is 0.948. The van der Waals surface area contributed by atoms with Gasteiger partial charge in [-0.15, -0.1) is 0 Å². The molecule has 0 spiro atoms. The van der Waals surface area contributed by atoms with E-state index in [1.54, 1.807) is 11.1 Å². The lowest BCUT2D eigenvalue weighted by atomic mass is 10.2. The van der Waals surface area contributed by atoms with Crippen LogP contribution in [-0.2, 0) is 4.74 Å². The summed E-state index contributed by atoms with van der Waals surface area (Å²) in [5, 5.41) is 0. The van der Waals surface area contributed by atoms with Gasteiger partial charge in [-0.3, -0.25) is 0 Å². The summed E-state index contributed by atoms with van der Waals surface area (Å²) in [4.78, 5) is 20.5. The molecule has 1 aromatic rings. The van der Waals surface area contributed by atoms with Gasteiger partial charge in [0.2, 0.25) is 0 Å². The second-order valence-corrected chi connectivity index (χ2v) is 7.06. The van der Waals surface area contributed by atoms with Crippen molar-refractivity contribution in [2.45, 2.75) is 32.8 Å². The Morgan fingerprint density at radius 1 is 1.24 bits per heavy atom. The zero-order valence-corrected chi connectivity index (χ0v) is 14.4. The van der Waals surface area contributed by atoms with Gasteiger partial charge in [-0.2, -0.15) is 0 Å². The van der Waals surface area contributed by atoms with Gasteiger partial charge >= 0.3 is 6.09 Å². The molecule has 0 bridgehead atoms. The molecule has 0 radical (unpaired) electrons. The predicted octanol–water partition coefficient (Wildman–Crippen LogP) is 3.29. The highest BCUT2D eigenvalue weighted by Gasteiger charge is 2.24. The first-order chi connectivity index (χ1) is 9.85. The number of rotatable bonds is 1. The lowest BCUT2D eigenvalue weighted by Gasteiger charge is -2.26. The van der Waals surface area contributed by atoms with Gasteiger partial charge in [0.25, 0.3) is 0 Å². The van der Waals surface area contributed by atoms with Gasteiger partial charge in [-0.25, -0.2) is 9.78 Å². The van der Waals surface area contributed by atoms with Crippen LogP contribution in [0.1, 0.15) is 27.2 Å². The molecule has 1 aliphatic heterocycles. The third-order valence-electron chi connectivity index (χ3n) is 3.18. The summed E-state index contributed by atoms with van der Waals surface area (Å²) >= 11 is 3.39. The van der Waals surface area contributed by atoms with E-state index < -0.39 is 5.60 Å². The van der Waals surface area contributed by atoms with E-state index in [1.807, 2.05) is 32.9 Å². The fourth-order valence-electron chi connectivity index (χ4n) is 2.21. The number of carbonyl (C=O) groups is 1. The largest absolute Gasteiger partial charge is 0.444 e. The number of carbonyl (C=O) groups excluding carboxylic acids is 1. The molecule has 1 amide bonds. The van der Waals surface area contributed by atoms with Crippen LogP contribution >= 0.6 is 15.9 Å². The first-order valence-corrected chi connectivity index (χ1v) is 7.99. The Morgan fingerprint density at radius 2 is 2.00 bits per heavy atom. The molecule has 2 heterocycles.